The van der Waals surface area contributed by atoms with Crippen molar-refractivity contribution >= 4 is 50.6 Å². The topological polar surface area (TPSA) is 36.1 Å². The Morgan fingerprint density at radius 1 is 1.60 bits per heavy atom. The van der Waals surface area contributed by atoms with E-state index in [-0.39, 0.29) is 19.7 Å². The molecule has 0 aromatic rings. The van der Waals surface area contributed by atoms with E-state index in [1.807, 2.05) is 0 Å². The third-order valence-electron chi connectivity index (χ3n) is 1.11. The minimum absolute atomic E-state index is 0.0888. The van der Waals surface area contributed by atoms with E-state index < -0.39 is 8.96 Å². The molecule has 0 aliphatic heterocycles. The van der Waals surface area contributed by atoms with E-state index in [4.69, 9.17) is 11.6 Å². The first kappa shape index (κ1) is 11.0. The zero-order valence-corrected chi connectivity index (χ0v) is 13.3. The molecule has 0 amide bonds. The van der Waals surface area contributed by atoms with E-state index in [0.29, 0.717) is 0 Å². The lowest BCUT2D eigenvalue weighted by Gasteiger charge is -2.08. The van der Waals surface area contributed by atoms with Crippen molar-refractivity contribution in [2.24, 2.45) is 0 Å². The second-order valence-corrected chi connectivity index (χ2v) is 12.4. The average molecular weight is 230 g/mol. The van der Waals surface area contributed by atoms with Gasteiger partial charge in [0.05, 0.1) is 10.4 Å². The molecule has 1 unspecified atom stereocenters. The van der Waals surface area contributed by atoms with Crippen LogP contribution in [0.3, 0.4) is 0 Å². The number of hydrogen-bond acceptors (Lipinski definition) is 3. The van der Waals surface area contributed by atoms with E-state index >= 15 is 0 Å². The monoisotopic (exact) mass is 229 g/mol. The molecule has 0 heterocycles. The minimum Gasteiger partial charge on any atom is -0.360 e. The maximum absolute atomic E-state index is 5.66. The van der Waals surface area contributed by atoms with Crippen LogP contribution in [0.15, 0.2) is 0 Å². The normalized spacial score (nSPS) is 16.2. The van der Waals surface area contributed by atoms with Crippen molar-refractivity contribution in [1.82, 2.24) is 13.9 Å². The summed E-state index contributed by atoms with van der Waals surface area (Å²) in [5, 5.41) is 0. The lowest BCUT2D eigenvalue weighted by atomic mass is 11.9. The summed E-state index contributed by atoms with van der Waals surface area (Å²) in [4.78, 5) is 0. The van der Waals surface area contributed by atoms with Gasteiger partial charge in [-0.05, 0) is 0 Å². The van der Waals surface area contributed by atoms with Crippen LogP contribution in [-0.4, -0.2) is 44.6 Å². The number of halogens is 1. The molecule has 0 radical (unpaired) electrons. The van der Waals surface area contributed by atoms with Crippen molar-refractivity contribution < 1.29 is 0 Å². The molecule has 0 saturated carbocycles. The maximum Gasteiger partial charge on any atom is 0.154 e. The van der Waals surface area contributed by atoms with Gasteiger partial charge in [0.2, 0.25) is 0 Å². The summed E-state index contributed by atoms with van der Waals surface area (Å²) < 4.78 is 10.3. The van der Waals surface area contributed by atoms with Crippen molar-refractivity contribution in [2.45, 2.75) is 6.55 Å². The molecule has 0 aromatic heterocycles. The second-order valence-electron chi connectivity index (χ2n) is 2.22. The predicted octanol–water partition coefficient (Wildman–Crippen LogP) is -3.84. The Labute approximate surface area is 76.8 Å². The zero-order valence-electron chi connectivity index (χ0n) is 6.58. The summed E-state index contributed by atoms with van der Waals surface area (Å²) in [6, 6.07) is 0. The molecule has 0 rings (SSSR count). The van der Waals surface area contributed by atoms with E-state index in [9.17, 15) is 0 Å². The fourth-order valence-electron chi connectivity index (χ4n) is 0.488. The van der Waals surface area contributed by atoms with Crippen molar-refractivity contribution in [3.8, 4) is 0 Å². The summed E-state index contributed by atoms with van der Waals surface area (Å²) in [6.07, 6.45) is 0. The van der Waals surface area contributed by atoms with Crippen molar-refractivity contribution in [3.63, 3.8) is 0 Å². The third kappa shape index (κ3) is 7.15. The third-order valence-corrected chi connectivity index (χ3v) is 9.98. The van der Waals surface area contributed by atoms with Gasteiger partial charge in [-0.25, -0.2) is 0 Å². The van der Waals surface area contributed by atoms with Crippen LogP contribution in [0.5, 0.6) is 0 Å². The Morgan fingerprint density at radius 3 is 2.80 bits per heavy atom. The molecule has 0 saturated heterocycles. The second kappa shape index (κ2) is 8.14. The van der Waals surface area contributed by atoms with Gasteiger partial charge in [0, 0.05) is 5.50 Å². The van der Waals surface area contributed by atoms with Crippen LogP contribution in [-0.2, 0) is 0 Å². The summed E-state index contributed by atoms with van der Waals surface area (Å²) >= 11 is 5.66. The first-order valence-electron chi connectivity index (χ1n) is 3.46. The van der Waals surface area contributed by atoms with Gasteiger partial charge in [0.15, 0.2) is 19.7 Å². The molecule has 0 bridgehead atoms. The zero-order chi connectivity index (χ0) is 7.82. The van der Waals surface area contributed by atoms with E-state index in [2.05, 4.69) is 20.5 Å². The lowest BCUT2D eigenvalue weighted by Crippen LogP contribution is -2.47. The summed E-state index contributed by atoms with van der Waals surface area (Å²) in [5.41, 5.74) is 0.852. The molecule has 0 aliphatic rings. The Morgan fingerprint density at radius 2 is 2.30 bits per heavy atom. The Bertz CT molecular complexity index is 75.5. The molecular formula is C2H16ClN3Si4. The van der Waals surface area contributed by atoms with Crippen LogP contribution in [0.2, 0.25) is 6.55 Å². The van der Waals surface area contributed by atoms with Crippen LogP contribution < -0.4 is 13.9 Å². The van der Waals surface area contributed by atoms with Crippen molar-refractivity contribution in [3.05, 3.63) is 0 Å². The fraction of sp³-hybridized carbons (Fsp3) is 1.00. The van der Waals surface area contributed by atoms with Gasteiger partial charge >= 0.3 is 0 Å². The quantitative estimate of drug-likeness (QED) is 0.248. The standard InChI is InChI=1S/C2H16ClN3Si4/c1-10(2-3)6-9-5-8-4-7/h4-6,10H,2,8-9H2,1,7H3. The van der Waals surface area contributed by atoms with Gasteiger partial charge in [-0.3, -0.25) is 0 Å². The fourth-order valence-corrected chi connectivity index (χ4v) is 8.93. The number of nitrogens with one attached hydrogen (secondary N) is 3. The predicted molar refractivity (Wildman–Crippen MR) is 60.2 cm³/mol. The molecule has 8 heteroatoms. The Kier molecular flexibility index (Phi) is 8.98. The van der Waals surface area contributed by atoms with Crippen LogP contribution in [0.25, 0.3) is 0 Å². The first-order chi connectivity index (χ1) is 4.81. The van der Waals surface area contributed by atoms with Crippen molar-refractivity contribution in [1.29, 1.82) is 0 Å². The van der Waals surface area contributed by atoms with Crippen LogP contribution in [0.4, 0.5) is 0 Å². The highest BCUT2D eigenvalue weighted by molar-refractivity contribution is 6.71. The molecule has 62 valence electrons. The van der Waals surface area contributed by atoms with Crippen LogP contribution in [0, 0.1) is 0 Å². The number of alkyl halides is 1. The number of hydrogen-bond donors (Lipinski definition) is 3. The van der Waals surface area contributed by atoms with Crippen LogP contribution in [0.1, 0.15) is 0 Å². The highest BCUT2D eigenvalue weighted by atomic mass is 35.5. The van der Waals surface area contributed by atoms with E-state index in [1.165, 1.54) is 0 Å². The molecule has 0 fully saturated rings. The van der Waals surface area contributed by atoms with E-state index in [1.54, 1.807) is 0 Å². The van der Waals surface area contributed by atoms with Gasteiger partial charge in [-0.1, -0.05) is 6.55 Å². The first-order valence-corrected chi connectivity index (χ1v) is 10.4. The Hall–Kier alpha value is 1.04. The van der Waals surface area contributed by atoms with Crippen LogP contribution >= 0.6 is 11.6 Å². The SMILES string of the molecule is C[SiH](CCl)N[SiH2]N[SiH2]N[SiH3]. The summed E-state index contributed by atoms with van der Waals surface area (Å²) in [5.74, 6) is 0. The molecule has 0 spiro atoms. The number of rotatable bonds is 6. The smallest absolute Gasteiger partial charge is 0.154 e. The molecule has 1 atom stereocenters. The van der Waals surface area contributed by atoms with E-state index in [0.717, 1.165) is 15.9 Å². The average Bonchev–Trinajstić information content (AvgIpc) is 1.98. The minimum atomic E-state index is -0.704. The molecule has 10 heavy (non-hydrogen) atoms. The van der Waals surface area contributed by atoms with Gasteiger partial charge in [-0.2, -0.15) is 0 Å². The maximum atomic E-state index is 5.66. The highest BCUT2D eigenvalue weighted by Crippen LogP contribution is 1.77. The molecule has 0 aromatic carbocycles. The van der Waals surface area contributed by atoms with Gasteiger partial charge in [0.25, 0.3) is 0 Å². The van der Waals surface area contributed by atoms with Gasteiger partial charge in [0.1, 0.15) is 8.96 Å². The largest absolute Gasteiger partial charge is 0.360 e. The van der Waals surface area contributed by atoms with Crippen molar-refractivity contribution in [2.75, 3.05) is 5.50 Å². The molecular weight excluding hydrogens is 214 g/mol. The highest BCUT2D eigenvalue weighted by Gasteiger charge is 1.98. The van der Waals surface area contributed by atoms with Gasteiger partial charge in [-0.15, -0.1) is 11.6 Å². The Balaban J connectivity index is 2.89. The lowest BCUT2D eigenvalue weighted by molar-refractivity contribution is 1.36. The molecule has 3 N–H and O–H groups in total. The summed E-state index contributed by atoms with van der Waals surface area (Å²) in [7, 11) is 0.180. The van der Waals surface area contributed by atoms with Gasteiger partial charge < -0.3 is 13.9 Å². The molecule has 0 aliphatic carbocycles. The molecule has 3 nitrogen and oxygen atoms in total. The summed E-state index contributed by atoms with van der Waals surface area (Å²) in [6.45, 7) is 2.25.